The van der Waals surface area contributed by atoms with Gasteiger partial charge in [-0.3, -0.25) is 9.69 Å². The molecule has 1 amide bonds. The van der Waals surface area contributed by atoms with Crippen molar-refractivity contribution in [2.45, 2.75) is 39.3 Å². The van der Waals surface area contributed by atoms with Crippen LogP contribution in [0.2, 0.25) is 0 Å². The van der Waals surface area contributed by atoms with E-state index in [4.69, 9.17) is 5.73 Å². The molecule has 1 aromatic carbocycles. The zero-order chi connectivity index (χ0) is 16.2. The molecule has 1 unspecified atom stereocenters. The minimum absolute atomic E-state index is 0. The van der Waals surface area contributed by atoms with Gasteiger partial charge in [-0.25, -0.2) is 0 Å². The third kappa shape index (κ3) is 6.60. The van der Waals surface area contributed by atoms with Crippen molar-refractivity contribution in [1.29, 1.82) is 0 Å². The lowest BCUT2D eigenvalue weighted by atomic mass is 10.0. The molecule has 1 atom stereocenters. The van der Waals surface area contributed by atoms with Crippen LogP contribution in [0.25, 0.3) is 0 Å². The fraction of sp³-hybridized carbons (Fsp3) is 0.611. The maximum Gasteiger partial charge on any atom is 0.242 e. The smallest absolute Gasteiger partial charge is 0.242 e. The Kier molecular flexibility index (Phi) is 9.90. The lowest BCUT2D eigenvalue weighted by molar-refractivity contribution is -0.136. The second kappa shape index (κ2) is 10.2. The van der Waals surface area contributed by atoms with Gasteiger partial charge in [-0.1, -0.05) is 30.3 Å². The number of rotatable bonds is 6. The van der Waals surface area contributed by atoms with Crippen molar-refractivity contribution < 1.29 is 4.79 Å². The Morgan fingerprint density at radius 3 is 2.46 bits per heavy atom. The molecule has 1 aliphatic rings. The van der Waals surface area contributed by atoms with Gasteiger partial charge in [-0.15, -0.1) is 24.8 Å². The van der Waals surface area contributed by atoms with Crippen LogP contribution in [-0.4, -0.2) is 47.4 Å². The molecule has 1 aromatic rings. The summed E-state index contributed by atoms with van der Waals surface area (Å²) in [7, 11) is 0. The molecule has 1 fully saturated rings. The van der Waals surface area contributed by atoms with Crippen LogP contribution >= 0.6 is 24.8 Å². The molecule has 0 aromatic heterocycles. The predicted molar refractivity (Wildman–Crippen MR) is 105 cm³/mol. The third-order valence-electron chi connectivity index (χ3n) is 4.32. The van der Waals surface area contributed by atoms with Crippen molar-refractivity contribution in [3.63, 3.8) is 0 Å². The van der Waals surface area contributed by atoms with E-state index in [1.54, 1.807) is 13.8 Å². The molecule has 6 heteroatoms. The number of likely N-dealkylation sites (tertiary alicyclic amines) is 1. The maximum absolute atomic E-state index is 12.3. The first-order valence-corrected chi connectivity index (χ1v) is 8.24. The lowest BCUT2D eigenvalue weighted by Crippen LogP contribution is -2.52. The molecule has 2 N–H and O–H groups in total. The quantitative estimate of drug-likeness (QED) is 0.831. The summed E-state index contributed by atoms with van der Waals surface area (Å²) in [4.78, 5) is 16.7. The third-order valence-corrected chi connectivity index (χ3v) is 4.32. The molecule has 1 saturated heterocycles. The molecular weight excluding hydrogens is 345 g/mol. The minimum atomic E-state index is -0.779. The first-order chi connectivity index (χ1) is 10.4. The summed E-state index contributed by atoms with van der Waals surface area (Å²) >= 11 is 0. The summed E-state index contributed by atoms with van der Waals surface area (Å²) in [6.45, 7) is 10.3. The van der Waals surface area contributed by atoms with Gasteiger partial charge in [0.1, 0.15) is 0 Å². The molecule has 1 heterocycles. The van der Waals surface area contributed by atoms with Crippen molar-refractivity contribution in [2.24, 2.45) is 11.7 Å². The summed E-state index contributed by atoms with van der Waals surface area (Å²) in [5.74, 6) is 0.603. The predicted octanol–water partition coefficient (Wildman–Crippen LogP) is 2.94. The molecule has 0 spiro atoms. The van der Waals surface area contributed by atoms with Crippen molar-refractivity contribution in [2.75, 3.05) is 26.2 Å². The monoisotopic (exact) mass is 375 g/mol. The molecule has 0 saturated carbocycles. The molecule has 0 radical (unpaired) electrons. The number of likely N-dealkylation sites (N-methyl/N-ethyl adjacent to an activating group) is 1. The number of nitrogens with two attached hydrogens (primary N) is 1. The van der Waals surface area contributed by atoms with Crippen molar-refractivity contribution in [3.8, 4) is 0 Å². The second-order valence-electron chi connectivity index (χ2n) is 6.94. The Balaban J connectivity index is 0.00000264. The van der Waals surface area contributed by atoms with E-state index in [0.717, 1.165) is 39.1 Å². The van der Waals surface area contributed by atoms with E-state index < -0.39 is 5.54 Å². The van der Waals surface area contributed by atoms with Crippen LogP contribution in [0.4, 0.5) is 0 Å². The van der Waals surface area contributed by atoms with E-state index in [2.05, 4.69) is 35.2 Å². The molecule has 2 rings (SSSR count). The first kappa shape index (κ1) is 23.2. The van der Waals surface area contributed by atoms with E-state index in [-0.39, 0.29) is 30.7 Å². The number of halogens is 2. The van der Waals surface area contributed by atoms with Gasteiger partial charge in [0.05, 0.1) is 5.54 Å². The zero-order valence-electron chi connectivity index (χ0n) is 14.9. The van der Waals surface area contributed by atoms with Crippen LogP contribution in [0.3, 0.4) is 0 Å². The number of benzene rings is 1. The number of hydrogen-bond donors (Lipinski definition) is 1. The highest BCUT2D eigenvalue weighted by atomic mass is 35.5. The molecule has 138 valence electrons. The van der Waals surface area contributed by atoms with Crippen LogP contribution < -0.4 is 5.73 Å². The van der Waals surface area contributed by atoms with Crippen LogP contribution in [0, 0.1) is 5.92 Å². The zero-order valence-corrected chi connectivity index (χ0v) is 16.5. The Labute approximate surface area is 158 Å². The van der Waals surface area contributed by atoms with E-state index >= 15 is 0 Å². The fourth-order valence-electron chi connectivity index (χ4n) is 3.12. The topological polar surface area (TPSA) is 49.6 Å². The molecule has 4 nitrogen and oxygen atoms in total. The van der Waals surface area contributed by atoms with Crippen molar-refractivity contribution >= 4 is 30.7 Å². The van der Waals surface area contributed by atoms with Gasteiger partial charge in [-0.2, -0.15) is 0 Å². The number of carbonyl (C=O) groups is 1. The van der Waals surface area contributed by atoms with Crippen LogP contribution in [0.1, 0.15) is 32.8 Å². The number of carbonyl (C=O) groups excluding carboxylic acids is 1. The molecule has 24 heavy (non-hydrogen) atoms. The SMILES string of the molecule is CCN(CC1CCN(Cc2ccccc2)C1)C(=O)C(C)(C)N.Cl.Cl. The van der Waals surface area contributed by atoms with Crippen molar-refractivity contribution in [1.82, 2.24) is 9.80 Å². The van der Waals surface area contributed by atoms with E-state index in [9.17, 15) is 4.79 Å². The van der Waals surface area contributed by atoms with Crippen LogP contribution in [0.15, 0.2) is 30.3 Å². The lowest BCUT2D eigenvalue weighted by Gasteiger charge is -2.30. The van der Waals surface area contributed by atoms with Gasteiger partial charge in [-0.05, 0) is 45.2 Å². The number of hydrogen-bond acceptors (Lipinski definition) is 3. The number of nitrogens with zero attached hydrogens (tertiary/aromatic N) is 2. The highest BCUT2D eigenvalue weighted by Gasteiger charge is 2.30. The average molecular weight is 376 g/mol. The Bertz CT molecular complexity index is 491. The molecule has 1 aliphatic heterocycles. The van der Waals surface area contributed by atoms with Crippen LogP contribution in [-0.2, 0) is 11.3 Å². The van der Waals surface area contributed by atoms with Gasteiger partial charge in [0.25, 0.3) is 0 Å². The minimum Gasteiger partial charge on any atom is -0.341 e. The molecule has 0 aliphatic carbocycles. The molecular formula is C18H31Cl2N3O. The normalized spacial score (nSPS) is 17.8. The second-order valence-corrected chi connectivity index (χ2v) is 6.94. The van der Waals surface area contributed by atoms with Gasteiger partial charge in [0.15, 0.2) is 0 Å². The summed E-state index contributed by atoms with van der Waals surface area (Å²) < 4.78 is 0. The van der Waals surface area contributed by atoms with E-state index in [1.807, 2.05) is 11.8 Å². The summed E-state index contributed by atoms with van der Waals surface area (Å²) in [5.41, 5.74) is 6.53. The summed E-state index contributed by atoms with van der Waals surface area (Å²) in [6, 6.07) is 10.6. The van der Waals surface area contributed by atoms with Gasteiger partial charge in [0.2, 0.25) is 5.91 Å². The summed E-state index contributed by atoms with van der Waals surface area (Å²) in [6.07, 6.45) is 1.15. The number of amides is 1. The van der Waals surface area contributed by atoms with Gasteiger partial charge in [0, 0.05) is 26.2 Å². The van der Waals surface area contributed by atoms with E-state index in [0.29, 0.717) is 5.92 Å². The largest absolute Gasteiger partial charge is 0.341 e. The molecule has 0 bridgehead atoms. The highest BCUT2D eigenvalue weighted by Crippen LogP contribution is 2.20. The van der Waals surface area contributed by atoms with Gasteiger partial charge < -0.3 is 10.6 Å². The van der Waals surface area contributed by atoms with Crippen LogP contribution in [0.5, 0.6) is 0 Å². The Morgan fingerprint density at radius 1 is 1.29 bits per heavy atom. The summed E-state index contributed by atoms with van der Waals surface area (Å²) in [5, 5.41) is 0. The fourth-order valence-corrected chi connectivity index (χ4v) is 3.12. The highest BCUT2D eigenvalue weighted by molar-refractivity contribution is 5.86. The van der Waals surface area contributed by atoms with E-state index in [1.165, 1.54) is 5.56 Å². The van der Waals surface area contributed by atoms with Gasteiger partial charge >= 0.3 is 0 Å². The average Bonchev–Trinajstić information content (AvgIpc) is 2.91. The first-order valence-electron chi connectivity index (χ1n) is 8.24. The maximum atomic E-state index is 12.3. The Morgan fingerprint density at radius 2 is 1.92 bits per heavy atom. The Hall–Kier alpha value is -0.810. The standard InChI is InChI=1S/C18H29N3O.2ClH/c1-4-21(17(22)18(2,3)19)14-16-10-11-20(13-16)12-15-8-6-5-7-9-15;;/h5-9,16H,4,10-14,19H2,1-3H3;2*1H. The van der Waals surface area contributed by atoms with Crippen molar-refractivity contribution in [3.05, 3.63) is 35.9 Å².